The van der Waals surface area contributed by atoms with Crippen LogP contribution in [0.25, 0.3) is 0 Å². The number of nitrogens with zero attached hydrogens (tertiary/aromatic N) is 1. The van der Waals surface area contributed by atoms with E-state index < -0.39 is 17.7 Å². The Hall–Kier alpha value is -1.44. The van der Waals surface area contributed by atoms with Crippen molar-refractivity contribution in [1.29, 1.82) is 0 Å². The van der Waals surface area contributed by atoms with Crippen LogP contribution < -0.4 is 10.6 Å². The molecular formula is C18H25ClFN3O3. The van der Waals surface area contributed by atoms with Crippen molar-refractivity contribution in [2.75, 3.05) is 11.9 Å². The van der Waals surface area contributed by atoms with Gasteiger partial charge in [-0.05, 0) is 51.0 Å². The summed E-state index contributed by atoms with van der Waals surface area (Å²) in [5.74, 6) is -0.475. The highest BCUT2D eigenvalue weighted by atomic mass is 35.5. The number of carbonyl (C=O) groups is 1. The molecule has 1 spiro atoms. The number of hydrogen-bond acceptors (Lipinski definition) is 5. The summed E-state index contributed by atoms with van der Waals surface area (Å²) in [5, 5.41) is 25.2. The zero-order valence-corrected chi connectivity index (χ0v) is 15.7. The van der Waals surface area contributed by atoms with Gasteiger partial charge in [-0.2, -0.15) is 0 Å². The highest BCUT2D eigenvalue weighted by molar-refractivity contribution is 6.29. The van der Waals surface area contributed by atoms with E-state index in [2.05, 4.69) is 15.6 Å². The minimum atomic E-state index is -1.58. The van der Waals surface area contributed by atoms with Crippen LogP contribution in [-0.4, -0.2) is 51.6 Å². The molecule has 0 aliphatic heterocycles. The molecule has 1 atom stereocenters. The number of aromatic nitrogens is 1. The van der Waals surface area contributed by atoms with E-state index in [0.717, 1.165) is 25.7 Å². The van der Waals surface area contributed by atoms with Crippen molar-refractivity contribution in [3.63, 3.8) is 0 Å². The van der Waals surface area contributed by atoms with E-state index in [1.807, 2.05) is 0 Å². The van der Waals surface area contributed by atoms with Crippen LogP contribution in [0.4, 0.5) is 10.1 Å². The summed E-state index contributed by atoms with van der Waals surface area (Å²) in [7, 11) is 0. The third-order valence-corrected chi connectivity index (χ3v) is 5.59. The lowest BCUT2D eigenvalue weighted by Crippen LogP contribution is -2.54. The zero-order chi connectivity index (χ0) is 19.1. The Kier molecular flexibility index (Phi) is 5.16. The van der Waals surface area contributed by atoms with E-state index in [1.165, 1.54) is 20.0 Å². The summed E-state index contributed by atoms with van der Waals surface area (Å²) in [6.45, 7) is 2.41. The first-order chi connectivity index (χ1) is 12.1. The van der Waals surface area contributed by atoms with Crippen LogP contribution in [0, 0.1) is 5.41 Å². The van der Waals surface area contributed by atoms with Gasteiger partial charge in [0.2, 0.25) is 0 Å². The Balaban J connectivity index is 1.62. The molecule has 8 heteroatoms. The maximum Gasteiger partial charge on any atom is 0.255 e. The SMILES string of the molecule is CC(C)(O)C(F)CNC(=O)c1cnc(Cl)cc1NC1CC2(CC(O)C2)C1. The molecule has 0 radical (unpaired) electrons. The van der Waals surface area contributed by atoms with Crippen LogP contribution in [0.1, 0.15) is 49.9 Å². The number of carbonyl (C=O) groups excluding carboxylic acids is 1. The molecule has 1 unspecified atom stereocenters. The number of aliphatic hydroxyl groups excluding tert-OH is 1. The van der Waals surface area contributed by atoms with Crippen LogP contribution in [0.2, 0.25) is 5.15 Å². The van der Waals surface area contributed by atoms with Gasteiger partial charge in [-0.15, -0.1) is 0 Å². The number of hydrogen-bond donors (Lipinski definition) is 4. The topological polar surface area (TPSA) is 94.5 Å². The number of alkyl halides is 1. The van der Waals surface area contributed by atoms with Gasteiger partial charge in [0.1, 0.15) is 11.3 Å². The van der Waals surface area contributed by atoms with Crippen molar-refractivity contribution in [3.05, 3.63) is 23.0 Å². The molecule has 0 aromatic carbocycles. The van der Waals surface area contributed by atoms with Gasteiger partial charge in [0.05, 0.1) is 29.5 Å². The molecule has 2 aliphatic carbocycles. The predicted molar refractivity (Wildman–Crippen MR) is 97.1 cm³/mol. The molecule has 4 N–H and O–H groups in total. The molecule has 1 amide bonds. The molecule has 0 bridgehead atoms. The first-order valence-corrected chi connectivity index (χ1v) is 9.21. The van der Waals surface area contributed by atoms with Gasteiger partial charge in [-0.3, -0.25) is 4.79 Å². The quantitative estimate of drug-likeness (QED) is 0.564. The summed E-state index contributed by atoms with van der Waals surface area (Å²) in [6.07, 6.45) is 3.15. The molecular weight excluding hydrogens is 361 g/mol. The molecule has 144 valence electrons. The van der Waals surface area contributed by atoms with Gasteiger partial charge < -0.3 is 20.8 Å². The number of nitrogens with one attached hydrogen (secondary N) is 2. The lowest BCUT2D eigenvalue weighted by molar-refractivity contribution is -0.0867. The second-order valence-corrected chi connectivity index (χ2v) is 8.58. The molecule has 2 fully saturated rings. The number of aliphatic hydroxyl groups is 2. The van der Waals surface area contributed by atoms with Gasteiger partial charge >= 0.3 is 0 Å². The van der Waals surface area contributed by atoms with Crippen molar-refractivity contribution >= 4 is 23.2 Å². The monoisotopic (exact) mass is 385 g/mol. The first kappa shape index (κ1) is 19.3. The molecule has 6 nitrogen and oxygen atoms in total. The largest absolute Gasteiger partial charge is 0.393 e. The molecule has 0 saturated heterocycles. The van der Waals surface area contributed by atoms with Crippen LogP contribution >= 0.6 is 11.6 Å². The maximum atomic E-state index is 13.8. The summed E-state index contributed by atoms with van der Waals surface area (Å²) in [4.78, 5) is 16.4. The van der Waals surface area contributed by atoms with Crippen molar-refractivity contribution in [1.82, 2.24) is 10.3 Å². The van der Waals surface area contributed by atoms with E-state index in [9.17, 15) is 19.4 Å². The molecule has 2 saturated carbocycles. The van der Waals surface area contributed by atoms with Gasteiger partial charge in [0.25, 0.3) is 5.91 Å². The van der Waals surface area contributed by atoms with Crippen molar-refractivity contribution in [2.24, 2.45) is 5.41 Å². The van der Waals surface area contributed by atoms with Gasteiger partial charge in [-0.1, -0.05) is 11.6 Å². The minimum Gasteiger partial charge on any atom is -0.393 e. The third-order valence-electron chi connectivity index (χ3n) is 5.38. The van der Waals surface area contributed by atoms with Gasteiger partial charge in [0.15, 0.2) is 0 Å². The Labute approximate surface area is 157 Å². The number of rotatable bonds is 6. The summed E-state index contributed by atoms with van der Waals surface area (Å²) >= 11 is 5.96. The van der Waals surface area contributed by atoms with E-state index in [0.29, 0.717) is 5.69 Å². The second-order valence-electron chi connectivity index (χ2n) is 8.20. The Morgan fingerprint density at radius 3 is 2.69 bits per heavy atom. The summed E-state index contributed by atoms with van der Waals surface area (Å²) in [5.41, 5.74) is -0.446. The van der Waals surface area contributed by atoms with Crippen LogP contribution in [0.5, 0.6) is 0 Å². The minimum absolute atomic E-state index is 0.183. The van der Waals surface area contributed by atoms with Crippen molar-refractivity contribution in [2.45, 2.75) is 63.4 Å². The van der Waals surface area contributed by atoms with E-state index in [1.54, 1.807) is 6.07 Å². The number of anilines is 1. The fraction of sp³-hybridized carbons (Fsp3) is 0.667. The first-order valence-electron chi connectivity index (χ1n) is 8.83. The normalized spacial score (nSPS) is 28.8. The van der Waals surface area contributed by atoms with E-state index >= 15 is 0 Å². The van der Waals surface area contributed by atoms with Gasteiger partial charge in [-0.25, -0.2) is 9.37 Å². The number of halogens is 2. The average molecular weight is 386 g/mol. The highest BCUT2D eigenvalue weighted by Crippen LogP contribution is 2.56. The van der Waals surface area contributed by atoms with Crippen LogP contribution in [0.3, 0.4) is 0 Å². The standard InChI is InChI=1S/C18H25ClFN3O3/c1-17(2,26)14(20)9-22-16(25)12-8-21-15(19)3-13(12)23-10-4-18(5-10)6-11(24)7-18/h3,8,10-11,14,24,26H,4-7,9H2,1-2H3,(H,21,23)(H,22,25). The molecule has 3 rings (SSSR count). The third kappa shape index (κ3) is 4.10. The Bertz CT molecular complexity index is 681. The van der Waals surface area contributed by atoms with Crippen LogP contribution in [-0.2, 0) is 0 Å². The molecule has 1 heterocycles. The molecule has 2 aliphatic rings. The number of amides is 1. The summed E-state index contributed by atoms with van der Waals surface area (Å²) in [6, 6.07) is 1.79. The lowest BCUT2D eigenvalue weighted by Gasteiger charge is -2.56. The fourth-order valence-corrected chi connectivity index (χ4v) is 4.00. The predicted octanol–water partition coefficient (Wildman–Crippen LogP) is 2.29. The number of pyridine rings is 1. The Morgan fingerprint density at radius 1 is 1.46 bits per heavy atom. The van der Waals surface area contributed by atoms with Crippen molar-refractivity contribution in [3.8, 4) is 0 Å². The summed E-state index contributed by atoms with van der Waals surface area (Å²) < 4.78 is 13.8. The van der Waals surface area contributed by atoms with Crippen molar-refractivity contribution < 1.29 is 19.4 Å². The lowest BCUT2D eigenvalue weighted by atomic mass is 9.53. The Morgan fingerprint density at radius 2 is 2.12 bits per heavy atom. The highest BCUT2D eigenvalue weighted by Gasteiger charge is 2.52. The maximum absolute atomic E-state index is 13.8. The fourth-order valence-electron chi connectivity index (χ4n) is 3.84. The second kappa shape index (κ2) is 6.94. The average Bonchev–Trinajstić information content (AvgIpc) is 2.48. The van der Waals surface area contributed by atoms with E-state index in [4.69, 9.17) is 11.6 Å². The molecule has 1 aromatic rings. The van der Waals surface area contributed by atoms with E-state index in [-0.39, 0.29) is 34.8 Å². The van der Waals surface area contributed by atoms with Crippen LogP contribution in [0.15, 0.2) is 12.3 Å². The van der Waals surface area contributed by atoms with Gasteiger partial charge in [0, 0.05) is 12.2 Å². The smallest absolute Gasteiger partial charge is 0.255 e. The molecule has 1 aromatic heterocycles. The molecule has 26 heavy (non-hydrogen) atoms. The zero-order valence-electron chi connectivity index (χ0n) is 14.9.